The van der Waals surface area contributed by atoms with Gasteiger partial charge in [0.1, 0.15) is 11.3 Å². The van der Waals surface area contributed by atoms with Crippen molar-refractivity contribution in [2.45, 2.75) is 51.5 Å². The summed E-state index contributed by atoms with van der Waals surface area (Å²) < 4.78 is 6.36. The zero-order valence-corrected chi connectivity index (χ0v) is 18.3. The molecule has 0 aromatic heterocycles. The van der Waals surface area contributed by atoms with Gasteiger partial charge in [0.15, 0.2) is 0 Å². The average molecular weight is 446 g/mol. The van der Waals surface area contributed by atoms with Gasteiger partial charge in [0.25, 0.3) is 0 Å². The van der Waals surface area contributed by atoms with Crippen molar-refractivity contribution in [3.8, 4) is 5.75 Å². The number of aryl methyl sites for hydroxylation is 1. The Morgan fingerprint density at radius 1 is 1.14 bits per heavy atom. The lowest BCUT2D eigenvalue weighted by atomic mass is 9.80. The number of carbonyl (C=O) groups is 1. The summed E-state index contributed by atoms with van der Waals surface area (Å²) in [4.78, 5) is 13.4. The minimum atomic E-state index is -0.684. The highest BCUT2D eigenvalue weighted by atomic mass is 79.9. The Bertz CT molecular complexity index is 876. The molecule has 1 aliphatic rings. The number of methoxy groups -OCH3 is 1. The second-order valence-electron chi connectivity index (χ2n) is 7.54. The predicted octanol–water partition coefficient (Wildman–Crippen LogP) is 5.41. The highest BCUT2D eigenvalue weighted by molar-refractivity contribution is 9.10. The van der Waals surface area contributed by atoms with Crippen molar-refractivity contribution in [2.24, 2.45) is 0 Å². The first kappa shape index (κ1) is 20.5. The zero-order valence-electron chi connectivity index (χ0n) is 16.7. The van der Waals surface area contributed by atoms with Crippen molar-refractivity contribution in [1.29, 1.82) is 0 Å². The Hall–Kier alpha value is -2.21. The first-order valence-electron chi connectivity index (χ1n) is 9.65. The second-order valence-corrected chi connectivity index (χ2v) is 8.40. The van der Waals surface area contributed by atoms with Gasteiger partial charge in [-0.25, -0.2) is 0 Å². The molecule has 2 aromatic rings. The molecule has 2 aromatic carbocycles. The molecule has 0 heterocycles. The Kier molecular flexibility index (Phi) is 6.18. The standard InChI is InChI=1S/C22H28BrN3O2/c1-14-7-8-16(13-19(14)28-3)25-21(27)22(11-5-4-6-12-22)26-20-15(2)17(23)9-10-18(20)24/h7-10,13,26H,4-6,11-12,24H2,1-3H3,(H,25,27). The molecule has 1 fully saturated rings. The normalized spacial score (nSPS) is 15.7. The van der Waals surface area contributed by atoms with Crippen LogP contribution in [0.3, 0.4) is 0 Å². The number of halogens is 1. The molecule has 0 spiro atoms. The molecular formula is C22H28BrN3O2. The minimum Gasteiger partial charge on any atom is -0.496 e. The Morgan fingerprint density at radius 3 is 2.54 bits per heavy atom. The van der Waals surface area contributed by atoms with Crippen molar-refractivity contribution >= 4 is 38.9 Å². The SMILES string of the molecule is COc1cc(NC(=O)C2(Nc3c(N)ccc(Br)c3C)CCCCC2)ccc1C. The summed E-state index contributed by atoms with van der Waals surface area (Å²) >= 11 is 3.57. The number of nitrogens with two attached hydrogens (primary N) is 1. The number of ether oxygens (including phenoxy) is 1. The lowest BCUT2D eigenvalue weighted by Crippen LogP contribution is -2.51. The van der Waals surface area contributed by atoms with E-state index in [1.54, 1.807) is 7.11 Å². The average Bonchev–Trinajstić information content (AvgIpc) is 2.70. The van der Waals surface area contributed by atoms with Crippen LogP contribution in [-0.2, 0) is 4.79 Å². The molecule has 0 atom stereocenters. The lowest BCUT2D eigenvalue weighted by molar-refractivity contribution is -0.121. The van der Waals surface area contributed by atoms with Gasteiger partial charge in [-0.2, -0.15) is 0 Å². The van der Waals surface area contributed by atoms with Gasteiger partial charge in [0.05, 0.1) is 18.5 Å². The summed E-state index contributed by atoms with van der Waals surface area (Å²) in [6.45, 7) is 3.98. The lowest BCUT2D eigenvalue weighted by Gasteiger charge is -2.38. The van der Waals surface area contributed by atoms with E-state index in [4.69, 9.17) is 10.5 Å². The maximum Gasteiger partial charge on any atom is 0.250 e. The van der Waals surface area contributed by atoms with Crippen LogP contribution >= 0.6 is 15.9 Å². The van der Waals surface area contributed by atoms with Gasteiger partial charge >= 0.3 is 0 Å². The smallest absolute Gasteiger partial charge is 0.250 e. The monoisotopic (exact) mass is 445 g/mol. The van der Waals surface area contributed by atoms with Gasteiger partial charge in [0, 0.05) is 16.2 Å². The summed E-state index contributed by atoms with van der Waals surface area (Å²) in [5.41, 5.74) is 9.81. The fourth-order valence-electron chi connectivity index (χ4n) is 3.83. The van der Waals surface area contributed by atoms with Crippen molar-refractivity contribution < 1.29 is 9.53 Å². The van der Waals surface area contributed by atoms with Crippen molar-refractivity contribution in [3.63, 3.8) is 0 Å². The number of carbonyl (C=O) groups excluding carboxylic acids is 1. The largest absolute Gasteiger partial charge is 0.496 e. The molecule has 0 radical (unpaired) electrons. The number of anilines is 3. The third-order valence-electron chi connectivity index (χ3n) is 5.60. The Balaban J connectivity index is 1.91. The summed E-state index contributed by atoms with van der Waals surface area (Å²) in [6, 6.07) is 9.51. The molecule has 6 heteroatoms. The highest BCUT2D eigenvalue weighted by Crippen LogP contribution is 2.38. The number of benzene rings is 2. The molecule has 1 aliphatic carbocycles. The third kappa shape index (κ3) is 4.12. The number of amides is 1. The maximum absolute atomic E-state index is 13.4. The molecular weight excluding hydrogens is 418 g/mol. The molecule has 4 N–H and O–H groups in total. The highest BCUT2D eigenvalue weighted by Gasteiger charge is 2.40. The minimum absolute atomic E-state index is 0.0307. The predicted molar refractivity (Wildman–Crippen MR) is 119 cm³/mol. The van der Waals surface area contributed by atoms with Crippen LogP contribution in [0.5, 0.6) is 5.75 Å². The molecule has 3 rings (SSSR count). The third-order valence-corrected chi connectivity index (χ3v) is 6.46. The van der Waals surface area contributed by atoms with Gasteiger partial charge in [-0.05, 0) is 56.0 Å². The van der Waals surface area contributed by atoms with Crippen LogP contribution in [0.4, 0.5) is 17.1 Å². The van der Waals surface area contributed by atoms with Crippen molar-refractivity contribution in [1.82, 2.24) is 0 Å². The van der Waals surface area contributed by atoms with Gasteiger partial charge < -0.3 is 21.1 Å². The van der Waals surface area contributed by atoms with Gasteiger partial charge in [-0.3, -0.25) is 4.79 Å². The van der Waals surface area contributed by atoms with Crippen LogP contribution in [0.1, 0.15) is 43.2 Å². The molecule has 150 valence electrons. The van der Waals surface area contributed by atoms with E-state index in [-0.39, 0.29) is 5.91 Å². The maximum atomic E-state index is 13.4. The van der Waals surface area contributed by atoms with E-state index in [1.165, 1.54) is 0 Å². The topological polar surface area (TPSA) is 76.4 Å². The summed E-state index contributed by atoms with van der Waals surface area (Å²) in [5, 5.41) is 6.63. The number of rotatable bonds is 5. The van der Waals surface area contributed by atoms with Crippen molar-refractivity contribution in [3.05, 3.63) is 45.9 Å². The van der Waals surface area contributed by atoms with Gasteiger partial charge in [-0.1, -0.05) is 41.3 Å². The fraction of sp³-hybridized carbons (Fsp3) is 0.409. The van der Waals surface area contributed by atoms with Crippen LogP contribution in [0.25, 0.3) is 0 Å². The Morgan fingerprint density at radius 2 is 1.86 bits per heavy atom. The quantitative estimate of drug-likeness (QED) is 0.537. The number of nitrogen functional groups attached to an aromatic ring is 1. The van der Waals surface area contributed by atoms with E-state index in [9.17, 15) is 4.79 Å². The van der Waals surface area contributed by atoms with Crippen LogP contribution in [-0.4, -0.2) is 18.6 Å². The van der Waals surface area contributed by atoms with E-state index < -0.39 is 5.54 Å². The number of nitrogens with one attached hydrogen (secondary N) is 2. The Labute approximate surface area is 175 Å². The second kappa shape index (κ2) is 8.43. The van der Waals surface area contributed by atoms with Crippen molar-refractivity contribution in [2.75, 3.05) is 23.5 Å². The molecule has 1 saturated carbocycles. The van der Waals surface area contributed by atoms with E-state index in [0.717, 1.165) is 64.8 Å². The molecule has 1 amide bonds. The van der Waals surface area contributed by atoms with Crippen LogP contribution in [0, 0.1) is 13.8 Å². The number of hydrogen-bond acceptors (Lipinski definition) is 4. The molecule has 5 nitrogen and oxygen atoms in total. The van der Waals surface area contributed by atoms with Crippen LogP contribution in [0.2, 0.25) is 0 Å². The van der Waals surface area contributed by atoms with E-state index in [1.807, 2.05) is 44.2 Å². The van der Waals surface area contributed by atoms with E-state index >= 15 is 0 Å². The molecule has 0 saturated heterocycles. The van der Waals surface area contributed by atoms with Crippen LogP contribution in [0.15, 0.2) is 34.8 Å². The fourth-order valence-corrected chi connectivity index (χ4v) is 4.16. The summed E-state index contributed by atoms with van der Waals surface area (Å²) in [5.74, 6) is 0.729. The molecule has 0 bridgehead atoms. The van der Waals surface area contributed by atoms with Gasteiger partial charge in [0.2, 0.25) is 5.91 Å². The van der Waals surface area contributed by atoms with E-state index in [0.29, 0.717) is 5.69 Å². The van der Waals surface area contributed by atoms with Crippen LogP contribution < -0.4 is 21.1 Å². The molecule has 0 unspecified atom stereocenters. The van der Waals surface area contributed by atoms with E-state index in [2.05, 4.69) is 26.6 Å². The number of hydrogen-bond donors (Lipinski definition) is 3. The first-order valence-corrected chi connectivity index (χ1v) is 10.4. The molecule has 0 aliphatic heterocycles. The first-order chi connectivity index (χ1) is 13.4. The summed E-state index contributed by atoms with van der Waals surface area (Å²) in [7, 11) is 1.64. The zero-order chi connectivity index (χ0) is 20.3. The van der Waals surface area contributed by atoms with Gasteiger partial charge in [-0.15, -0.1) is 0 Å². The molecule has 28 heavy (non-hydrogen) atoms. The summed E-state index contributed by atoms with van der Waals surface area (Å²) in [6.07, 6.45) is 4.69.